The number of hydrogen-bond donors (Lipinski definition) is 5. The van der Waals surface area contributed by atoms with Gasteiger partial charge in [0.25, 0.3) is 0 Å². The summed E-state index contributed by atoms with van der Waals surface area (Å²) in [5.41, 5.74) is -0.190. The molecule has 0 unspecified atom stereocenters. The maximum atomic E-state index is 13.0. The van der Waals surface area contributed by atoms with Crippen LogP contribution in [0.2, 0.25) is 0 Å². The number of carbonyl (C=O) groups is 2. The molecule has 0 bridgehead atoms. The number of fused-ring (bicyclic) bond motifs is 2. The molecule has 5 N–H and O–H groups in total. The number of nitrogens with one attached hydrogen (secondary N) is 3. The summed E-state index contributed by atoms with van der Waals surface area (Å²) in [6, 6.07) is 0. The summed E-state index contributed by atoms with van der Waals surface area (Å²) < 4.78 is 5.03. The molecule has 5 atom stereocenters. The number of thiazole rings is 1. The Balaban J connectivity index is 1.93. The van der Waals surface area contributed by atoms with E-state index in [2.05, 4.69) is 24.1 Å². The Morgan fingerprint density at radius 2 is 2.12 bits per heavy atom. The first kappa shape index (κ1) is 26.6. The minimum atomic E-state index is -0.686. The standard InChI is InChI=1S/C24H38N4O5S/c1-6-11-33-22(32)27-21-26-20-15(12-19(31)25-9-10-28(4)5)23(2)8-7-18(30)24(3,14-29)17(23)13-16(20)34-21/h6,15,17-18,29-30H,1,7-14H2,2-5H3,(H,25,31)(H,26,27,32)/p+1/t15-,17+,18-,23+,24+/m1/s1. The van der Waals surface area contributed by atoms with Gasteiger partial charge in [0, 0.05) is 22.6 Å². The summed E-state index contributed by atoms with van der Waals surface area (Å²) in [7, 11) is 4.08. The molecule has 1 fully saturated rings. The lowest BCUT2D eigenvalue weighted by Gasteiger charge is -2.58. The van der Waals surface area contributed by atoms with Gasteiger partial charge >= 0.3 is 6.09 Å². The van der Waals surface area contributed by atoms with Gasteiger partial charge in [0.1, 0.15) is 6.61 Å². The van der Waals surface area contributed by atoms with E-state index in [1.54, 1.807) is 0 Å². The number of anilines is 1. The second-order valence-electron chi connectivity index (χ2n) is 10.4. The van der Waals surface area contributed by atoms with Crippen LogP contribution in [0, 0.1) is 16.7 Å². The quantitative estimate of drug-likeness (QED) is 0.325. The lowest BCUT2D eigenvalue weighted by atomic mass is 9.47. The summed E-state index contributed by atoms with van der Waals surface area (Å²) in [4.78, 5) is 32.0. The molecule has 10 heteroatoms. The van der Waals surface area contributed by atoms with Crippen molar-refractivity contribution in [2.24, 2.45) is 16.7 Å². The largest absolute Gasteiger partial charge is 0.445 e. The third kappa shape index (κ3) is 5.30. The number of likely N-dealkylation sites (N-methyl/N-ethyl adjacent to an activating group) is 1. The minimum Gasteiger partial charge on any atom is -0.445 e. The number of quaternary nitrogens is 1. The molecule has 1 heterocycles. The van der Waals surface area contributed by atoms with Gasteiger partial charge in [0.2, 0.25) is 5.91 Å². The van der Waals surface area contributed by atoms with Crippen LogP contribution in [-0.4, -0.2) is 73.7 Å². The Hall–Kier alpha value is -2.01. The highest BCUT2D eigenvalue weighted by molar-refractivity contribution is 7.15. The number of ether oxygens (including phenoxy) is 1. The van der Waals surface area contributed by atoms with Crippen LogP contribution >= 0.6 is 11.3 Å². The lowest BCUT2D eigenvalue weighted by Crippen LogP contribution is -3.06. The predicted molar refractivity (Wildman–Crippen MR) is 131 cm³/mol. The number of amides is 2. The van der Waals surface area contributed by atoms with Gasteiger partial charge in [-0.1, -0.05) is 26.5 Å². The molecule has 2 aliphatic rings. The number of carbonyl (C=O) groups excluding carboxylic acids is 2. The Labute approximate surface area is 205 Å². The van der Waals surface area contributed by atoms with Crippen LogP contribution in [0.5, 0.6) is 0 Å². The SMILES string of the molecule is C=CCOC(=O)Nc1nc2c(s1)C[C@@H]1[C@](C)(CO)[C@H](O)CC[C@@]1(C)[C@@H]2CC(=O)NCC[NH+](C)C. The molecule has 2 aliphatic carbocycles. The van der Waals surface area contributed by atoms with Crippen molar-refractivity contribution in [1.82, 2.24) is 10.3 Å². The van der Waals surface area contributed by atoms with Crippen molar-refractivity contribution in [1.29, 1.82) is 0 Å². The monoisotopic (exact) mass is 495 g/mol. The highest BCUT2D eigenvalue weighted by Crippen LogP contribution is 2.62. The van der Waals surface area contributed by atoms with Crippen molar-refractivity contribution in [2.75, 3.05) is 45.7 Å². The van der Waals surface area contributed by atoms with E-state index in [9.17, 15) is 19.8 Å². The first-order chi connectivity index (χ1) is 16.0. The summed E-state index contributed by atoms with van der Waals surface area (Å²) in [5.74, 6) is -0.266. The fraction of sp³-hybridized carbons (Fsp3) is 0.708. The summed E-state index contributed by atoms with van der Waals surface area (Å²) in [5, 5.41) is 27.3. The first-order valence-corrected chi connectivity index (χ1v) is 12.8. The van der Waals surface area contributed by atoms with E-state index in [1.165, 1.54) is 22.3 Å². The smallest absolute Gasteiger partial charge is 0.413 e. The van der Waals surface area contributed by atoms with Crippen LogP contribution in [0.15, 0.2) is 12.7 Å². The zero-order valence-electron chi connectivity index (χ0n) is 20.6. The Bertz CT molecular complexity index is 906. The second-order valence-corrected chi connectivity index (χ2v) is 11.5. The molecule has 1 saturated carbocycles. The van der Waals surface area contributed by atoms with Gasteiger partial charge in [-0.3, -0.25) is 10.1 Å². The summed E-state index contributed by atoms with van der Waals surface area (Å²) in [6.45, 7) is 9.02. The van der Waals surface area contributed by atoms with E-state index in [-0.39, 0.29) is 42.8 Å². The van der Waals surface area contributed by atoms with Gasteiger partial charge in [0.05, 0.1) is 45.6 Å². The molecule has 1 aromatic rings. The van der Waals surface area contributed by atoms with Gasteiger partial charge in [-0.15, -0.1) is 11.3 Å². The molecular formula is C24H39N4O5S+. The summed E-state index contributed by atoms with van der Waals surface area (Å²) in [6.07, 6.45) is 2.46. The number of hydrogen-bond acceptors (Lipinski definition) is 7. The van der Waals surface area contributed by atoms with Crippen molar-refractivity contribution in [3.05, 3.63) is 23.2 Å². The van der Waals surface area contributed by atoms with Crippen LogP contribution in [0.1, 0.15) is 49.6 Å². The van der Waals surface area contributed by atoms with Crippen LogP contribution in [0.3, 0.4) is 0 Å². The predicted octanol–water partition coefficient (Wildman–Crippen LogP) is 0.944. The van der Waals surface area contributed by atoms with Gasteiger partial charge in [-0.05, 0) is 30.6 Å². The maximum Gasteiger partial charge on any atom is 0.413 e. The molecule has 0 aliphatic heterocycles. The average molecular weight is 496 g/mol. The van der Waals surface area contributed by atoms with Crippen molar-refractivity contribution in [3.63, 3.8) is 0 Å². The Morgan fingerprint density at radius 1 is 1.38 bits per heavy atom. The van der Waals surface area contributed by atoms with Gasteiger partial charge in [-0.25, -0.2) is 9.78 Å². The Kier molecular flexibility index (Phi) is 8.38. The van der Waals surface area contributed by atoms with Crippen LogP contribution < -0.4 is 15.5 Å². The first-order valence-electron chi connectivity index (χ1n) is 11.9. The number of aromatic nitrogens is 1. The van der Waals surface area contributed by atoms with Crippen molar-refractivity contribution < 1.29 is 29.4 Å². The zero-order valence-corrected chi connectivity index (χ0v) is 21.5. The zero-order chi connectivity index (χ0) is 25.1. The van der Waals surface area contributed by atoms with Crippen molar-refractivity contribution >= 4 is 28.5 Å². The second kappa shape index (κ2) is 10.7. The van der Waals surface area contributed by atoms with E-state index >= 15 is 0 Å². The van der Waals surface area contributed by atoms with Crippen molar-refractivity contribution in [3.8, 4) is 0 Å². The van der Waals surface area contributed by atoms with Crippen LogP contribution in [0.25, 0.3) is 0 Å². The molecule has 0 aromatic carbocycles. The number of rotatable bonds is 9. The molecule has 9 nitrogen and oxygen atoms in total. The highest BCUT2D eigenvalue weighted by atomic mass is 32.1. The average Bonchev–Trinajstić information content (AvgIpc) is 3.18. The number of aliphatic hydroxyl groups excluding tert-OH is 2. The maximum absolute atomic E-state index is 13.0. The van der Waals surface area contributed by atoms with E-state index in [0.29, 0.717) is 24.5 Å². The molecule has 34 heavy (non-hydrogen) atoms. The van der Waals surface area contributed by atoms with Gasteiger partial charge in [0.15, 0.2) is 5.13 Å². The van der Waals surface area contributed by atoms with E-state index in [0.717, 1.165) is 23.5 Å². The molecule has 0 spiro atoms. The third-order valence-corrected chi connectivity index (χ3v) is 8.78. The fourth-order valence-electron chi connectivity index (χ4n) is 5.67. The molecule has 0 saturated heterocycles. The molecule has 2 amide bonds. The Morgan fingerprint density at radius 3 is 2.76 bits per heavy atom. The minimum absolute atomic E-state index is 0.0358. The van der Waals surface area contributed by atoms with E-state index in [4.69, 9.17) is 9.72 Å². The van der Waals surface area contributed by atoms with E-state index < -0.39 is 17.6 Å². The van der Waals surface area contributed by atoms with Crippen LogP contribution in [-0.2, 0) is 16.0 Å². The lowest BCUT2D eigenvalue weighted by molar-refractivity contribution is -0.856. The van der Waals surface area contributed by atoms with Crippen molar-refractivity contribution in [2.45, 2.75) is 51.6 Å². The highest BCUT2D eigenvalue weighted by Gasteiger charge is 2.59. The molecular weight excluding hydrogens is 456 g/mol. The summed E-state index contributed by atoms with van der Waals surface area (Å²) >= 11 is 1.37. The van der Waals surface area contributed by atoms with E-state index in [1.807, 2.05) is 21.0 Å². The molecule has 1 aromatic heterocycles. The molecule has 0 radical (unpaired) electrons. The normalized spacial score (nSPS) is 30.3. The number of nitrogens with zero attached hydrogens (tertiary/aromatic N) is 1. The molecule has 3 rings (SSSR count). The number of aliphatic hydroxyl groups is 2. The third-order valence-electron chi connectivity index (χ3n) is 7.77. The topological polar surface area (TPSA) is 125 Å². The van der Waals surface area contributed by atoms with Crippen LogP contribution in [0.4, 0.5) is 9.93 Å². The molecule has 190 valence electrons. The van der Waals surface area contributed by atoms with Gasteiger partial charge in [-0.2, -0.15) is 0 Å². The fourth-order valence-corrected chi connectivity index (χ4v) is 6.72. The van der Waals surface area contributed by atoms with Gasteiger partial charge < -0.3 is 25.2 Å².